The number of hydrogen-bond acceptors (Lipinski definition) is 1. The van der Waals surface area contributed by atoms with Crippen LogP contribution in [0.1, 0.15) is 30.4 Å². The molecule has 1 aliphatic rings. The Morgan fingerprint density at radius 3 is 3.23 bits per heavy atom. The third kappa shape index (κ3) is 1.03. The Balaban J connectivity index is 2.34. The Kier molecular flexibility index (Phi) is 1.50. The van der Waals surface area contributed by atoms with Crippen LogP contribution in [-0.4, -0.2) is 0 Å². The van der Waals surface area contributed by atoms with Crippen LogP contribution in [0.4, 0.5) is 0 Å². The molecule has 0 spiro atoms. The van der Waals surface area contributed by atoms with Crippen molar-refractivity contribution in [1.29, 1.82) is 0 Å². The quantitative estimate of drug-likeness (QED) is 0.587. The zero-order chi connectivity index (χ0) is 8.84. The SMILES string of the molecule is C[C@@H]1CCc2cc3sccc3cc21. The monoisotopic (exact) mass is 188 g/mol. The molecule has 1 heteroatoms. The molecule has 13 heavy (non-hydrogen) atoms. The average Bonchev–Trinajstić information content (AvgIpc) is 2.70. The van der Waals surface area contributed by atoms with Crippen molar-refractivity contribution < 1.29 is 0 Å². The number of thiophene rings is 1. The smallest absolute Gasteiger partial charge is 0.0345 e. The van der Waals surface area contributed by atoms with E-state index in [1.807, 2.05) is 11.3 Å². The van der Waals surface area contributed by atoms with Gasteiger partial charge in [0.05, 0.1) is 0 Å². The maximum atomic E-state index is 2.39. The summed E-state index contributed by atoms with van der Waals surface area (Å²) < 4.78 is 1.45. The van der Waals surface area contributed by atoms with Crippen LogP contribution in [0.5, 0.6) is 0 Å². The lowest BCUT2D eigenvalue weighted by Crippen LogP contribution is -1.84. The third-order valence-corrected chi connectivity index (χ3v) is 3.97. The molecule has 1 aliphatic carbocycles. The predicted molar refractivity (Wildman–Crippen MR) is 58.6 cm³/mol. The van der Waals surface area contributed by atoms with Gasteiger partial charge in [-0.1, -0.05) is 6.92 Å². The van der Waals surface area contributed by atoms with E-state index in [4.69, 9.17) is 0 Å². The fourth-order valence-corrected chi connectivity index (χ4v) is 3.11. The van der Waals surface area contributed by atoms with Gasteiger partial charge in [-0.15, -0.1) is 11.3 Å². The maximum Gasteiger partial charge on any atom is 0.0345 e. The van der Waals surface area contributed by atoms with Crippen LogP contribution >= 0.6 is 11.3 Å². The highest BCUT2D eigenvalue weighted by Crippen LogP contribution is 2.36. The van der Waals surface area contributed by atoms with Gasteiger partial charge in [-0.05, 0) is 58.9 Å². The second-order valence-corrected chi connectivity index (χ2v) is 4.90. The first-order chi connectivity index (χ1) is 6.34. The molecule has 1 atom stereocenters. The van der Waals surface area contributed by atoms with Crippen molar-refractivity contribution in [2.24, 2.45) is 0 Å². The van der Waals surface area contributed by atoms with Crippen molar-refractivity contribution in [1.82, 2.24) is 0 Å². The van der Waals surface area contributed by atoms with Crippen molar-refractivity contribution >= 4 is 21.4 Å². The summed E-state index contributed by atoms with van der Waals surface area (Å²) in [5.41, 5.74) is 3.17. The lowest BCUT2D eigenvalue weighted by Gasteiger charge is -2.03. The minimum absolute atomic E-state index is 0.777. The number of rotatable bonds is 0. The van der Waals surface area contributed by atoms with Crippen molar-refractivity contribution in [2.75, 3.05) is 0 Å². The summed E-state index contributed by atoms with van der Waals surface area (Å²) in [6.07, 6.45) is 2.62. The first-order valence-corrected chi connectivity index (χ1v) is 5.72. The van der Waals surface area contributed by atoms with Gasteiger partial charge < -0.3 is 0 Å². The maximum absolute atomic E-state index is 2.39. The fourth-order valence-electron chi connectivity index (χ4n) is 2.27. The lowest BCUT2D eigenvalue weighted by molar-refractivity contribution is 0.747. The van der Waals surface area contributed by atoms with Crippen molar-refractivity contribution in [3.63, 3.8) is 0 Å². The van der Waals surface area contributed by atoms with E-state index in [0.717, 1.165) is 5.92 Å². The van der Waals surface area contributed by atoms with Gasteiger partial charge in [0.1, 0.15) is 0 Å². The van der Waals surface area contributed by atoms with E-state index in [1.54, 1.807) is 11.1 Å². The van der Waals surface area contributed by atoms with E-state index in [-0.39, 0.29) is 0 Å². The summed E-state index contributed by atoms with van der Waals surface area (Å²) in [7, 11) is 0. The molecule has 0 saturated carbocycles. The van der Waals surface area contributed by atoms with Crippen LogP contribution in [0.25, 0.3) is 10.1 Å². The molecule has 3 rings (SSSR count). The number of benzene rings is 1. The molecule has 0 aliphatic heterocycles. The van der Waals surface area contributed by atoms with Crippen molar-refractivity contribution in [3.05, 3.63) is 34.7 Å². The molecule has 1 aromatic carbocycles. The normalized spacial score (nSPS) is 20.8. The molecule has 0 saturated heterocycles. The molecule has 0 amide bonds. The van der Waals surface area contributed by atoms with Crippen LogP contribution in [0.2, 0.25) is 0 Å². The van der Waals surface area contributed by atoms with E-state index >= 15 is 0 Å². The Morgan fingerprint density at radius 2 is 2.31 bits per heavy atom. The average molecular weight is 188 g/mol. The van der Waals surface area contributed by atoms with Gasteiger partial charge in [0.15, 0.2) is 0 Å². The van der Waals surface area contributed by atoms with Gasteiger partial charge in [0.25, 0.3) is 0 Å². The summed E-state index contributed by atoms with van der Waals surface area (Å²) in [6, 6.07) is 7.00. The fraction of sp³-hybridized carbons (Fsp3) is 0.333. The van der Waals surface area contributed by atoms with E-state index < -0.39 is 0 Å². The summed E-state index contributed by atoms with van der Waals surface area (Å²) in [4.78, 5) is 0. The van der Waals surface area contributed by atoms with Gasteiger partial charge in [-0.2, -0.15) is 0 Å². The standard InChI is InChI=1S/C12H12S/c1-8-2-3-9-7-12-10(4-5-13-12)6-11(8)9/h4-8H,2-3H2,1H3/t8-/m1/s1. The Hall–Kier alpha value is -0.820. The summed E-state index contributed by atoms with van der Waals surface area (Å²) in [6.45, 7) is 2.34. The molecule has 0 unspecified atom stereocenters. The second kappa shape index (κ2) is 2.58. The third-order valence-electron chi connectivity index (χ3n) is 3.09. The second-order valence-electron chi connectivity index (χ2n) is 3.95. The van der Waals surface area contributed by atoms with Gasteiger partial charge in [0, 0.05) is 4.70 Å². The molecular weight excluding hydrogens is 176 g/mol. The summed E-state index contributed by atoms with van der Waals surface area (Å²) in [5.74, 6) is 0.777. The number of hydrogen-bond donors (Lipinski definition) is 0. The minimum atomic E-state index is 0.777. The van der Waals surface area contributed by atoms with E-state index in [0.29, 0.717) is 0 Å². The van der Waals surface area contributed by atoms with Crippen LogP contribution < -0.4 is 0 Å². The molecule has 0 radical (unpaired) electrons. The summed E-state index contributed by atoms with van der Waals surface area (Å²) in [5, 5.41) is 3.61. The molecule has 1 heterocycles. The van der Waals surface area contributed by atoms with Gasteiger partial charge >= 0.3 is 0 Å². The Bertz CT molecular complexity index is 453. The molecular formula is C12H12S. The predicted octanol–water partition coefficient (Wildman–Crippen LogP) is 3.95. The zero-order valence-electron chi connectivity index (χ0n) is 7.71. The summed E-state index contributed by atoms with van der Waals surface area (Å²) >= 11 is 1.85. The van der Waals surface area contributed by atoms with Crippen molar-refractivity contribution in [2.45, 2.75) is 25.7 Å². The molecule has 1 aromatic heterocycles. The minimum Gasteiger partial charge on any atom is -0.144 e. The molecule has 0 fully saturated rings. The van der Waals surface area contributed by atoms with Gasteiger partial charge in [-0.25, -0.2) is 0 Å². The van der Waals surface area contributed by atoms with E-state index in [1.165, 1.54) is 22.9 Å². The Labute approximate surface area is 82.2 Å². The van der Waals surface area contributed by atoms with Crippen LogP contribution in [-0.2, 0) is 6.42 Å². The number of aryl methyl sites for hydroxylation is 1. The highest BCUT2D eigenvalue weighted by molar-refractivity contribution is 7.17. The lowest BCUT2D eigenvalue weighted by atomic mass is 10.0. The molecule has 0 nitrogen and oxygen atoms in total. The van der Waals surface area contributed by atoms with Crippen LogP contribution in [0.3, 0.4) is 0 Å². The van der Waals surface area contributed by atoms with Gasteiger partial charge in [0.2, 0.25) is 0 Å². The number of fused-ring (bicyclic) bond motifs is 2. The molecule has 0 N–H and O–H groups in total. The largest absolute Gasteiger partial charge is 0.144 e. The highest BCUT2D eigenvalue weighted by Gasteiger charge is 2.18. The molecule has 0 bridgehead atoms. The highest BCUT2D eigenvalue weighted by atomic mass is 32.1. The zero-order valence-corrected chi connectivity index (χ0v) is 8.53. The Morgan fingerprint density at radius 1 is 1.38 bits per heavy atom. The van der Waals surface area contributed by atoms with Gasteiger partial charge in [-0.3, -0.25) is 0 Å². The first-order valence-electron chi connectivity index (χ1n) is 4.84. The van der Waals surface area contributed by atoms with E-state index in [9.17, 15) is 0 Å². The van der Waals surface area contributed by atoms with Crippen LogP contribution in [0, 0.1) is 0 Å². The molecule has 2 aromatic rings. The van der Waals surface area contributed by atoms with Crippen molar-refractivity contribution in [3.8, 4) is 0 Å². The van der Waals surface area contributed by atoms with E-state index in [2.05, 4.69) is 30.5 Å². The molecule has 66 valence electrons. The van der Waals surface area contributed by atoms with Crippen LogP contribution in [0.15, 0.2) is 23.6 Å². The first kappa shape index (κ1) is 7.57. The topological polar surface area (TPSA) is 0 Å².